The van der Waals surface area contributed by atoms with Crippen molar-refractivity contribution >= 4 is 5.95 Å². The quantitative estimate of drug-likeness (QED) is 0.873. The first-order valence-electron chi connectivity index (χ1n) is 6.66. The van der Waals surface area contributed by atoms with Gasteiger partial charge in [0.1, 0.15) is 0 Å². The Morgan fingerprint density at radius 2 is 2.06 bits per heavy atom. The van der Waals surface area contributed by atoms with Gasteiger partial charge in [0.05, 0.1) is 19.0 Å². The number of hydrogen-bond donors (Lipinski definition) is 1. The zero-order chi connectivity index (χ0) is 12.8. The predicted molar refractivity (Wildman–Crippen MR) is 72.1 cm³/mol. The molecule has 1 aliphatic heterocycles. The van der Waals surface area contributed by atoms with E-state index in [0.29, 0.717) is 12.5 Å². The second kappa shape index (κ2) is 6.54. The molecule has 1 fully saturated rings. The fourth-order valence-corrected chi connectivity index (χ4v) is 1.86. The highest BCUT2D eigenvalue weighted by atomic mass is 16.5. The largest absolute Gasteiger partial charge is 0.490 e. The molecule has 0 bridgehead atoms. The maximum absolute atomic E-state index is 5.58. The topological polar surface area (TPSA) is 50.3 Å². The predicted octanol–water partition coefficient (Wildman–Crippen LogP) is 1.31. The van der Waals surface area contributed by atoms with E-state index in [1.165, 1.54) is 0 Å². The van der Waals surface area contributed by atoms with Gasteiger partial charge in [-0.2, -0.15) is 0 Å². The summed E-state index contributed by atoms with van der Waals surface area (Å²) in [4.78, 5) is 11.0. The maximum Gasteiger partial charge on any atom is 0.225 e. The molecule has 0 saturated carbocycles. The molecule has 2 rings (SSSR count). The van der Waals surface area contributed by atoms with Crippen LogP contribution in [0.3, 0.4) is 0 Å². The molecule has 18 heavy (non-hydrogen) atoms. The molecule has 0 amide bonds. The van der Waals surface area contributed by atoms with E-state index in [4.69, 9.17) is 4.74 Å². The summed E-state index contributed by atoms with van der Waals surface area (Å²) in [6.07, 6.45) is 4.67. The normalized spacial score (nSPS) is 16.7. The van der Waals surface area contributed by atoms with E-state index < -0.39 is 0 Å². The van der Waals surface area contributed by atoms with Crippen LogP contribution in [0.4, 0.5) is 5.95 Å². The van der Waals surface area contributed by atoms with Crippen LogP contribution in [0.15, 0.2) is 12.4 Å². The average molecular weight is 250 g/mol. The number of nitrogens with zero attached hydrogens (tertiary/aromatic N) is 3. The summed E-state index contributed by atoms with van der Waals surface area (Å²) >= 11 is 0. The zero-order valence-electron chi connectivity index (χ0n) is 11.2. The summed E-state index contributed by atoms with van der Waals surface area (Å²) in [6, 6.07) is 0. The number of nitrogens with one attached hydrogen (secondary N) is 1. The fourth-order valence-electron chi connectivity index (χ4n) is 1.86. The molecule has 0 spiro atoms. The Morgan fingerprint density at radius 3 is 2.78 bits per heavy atom. The minimum Gasteiger partial charge on any atom is -0.490 e. The summed E-state index contributed by atoms with van der Waals surface area (Å²) in [5.74, 6) is 2.07. The molecule has 5 nitrogen and oxygen atoms in total. The number of hydrogen-bond acceptors (Lipinski definition) is 5. The fraction of sp³-hybridized carbons (Fsp3) is 0.692. The van der Waals surface area contributed by atoms with Crippen molar-refractivity contribution in [3.05, 3.63) is 12.4 Å². The van der Waals surface area contributed by atoms with Crippen molar-refractivity contribution in [2.45, 2.75) is 20.3 Å². The van der Waals surface area contributed by atoms with Gasteiger partial charge in [-0.1, -0.05) is 13.8 Å². The average Bonchev–Trinajstić information content (AvgIpc) is 2.66. The Balaban J connectivity index is 1.93. The van der Waals surface area contributed by atoms with Gasteiger partial charge in [0.2, 0.25) is 5.95 Å². The second-order valence-corrected chi connectivity index (χ2v) is 5.01. The monoisotopic (exact) mass is 250 g/mol. The van der Waals surface area contributed by atoms with Crippen molar-refractivity contribution in [3.8, 4) is 5.75 Å². The number of rotatable bonds is 4. The molecule has 100 valence electrons. The highest BCUT2D eigenvalue weighted by Gasteiger charge is 2.11. The zero-order valence-corrected chi connectivity index (χ0v) is 11.2. The summed E-state index contributed by atoms with van der Waals surface area (Å²) in [5, 5.41) is 3.37. The third kappa shape index (κ3) is 3.84. The number of aromatic nitrogens is 2. The van der Waals surface area contributed by atoms with Gasteiger partial charge in [-0.15, -0.1) is 0 Å². The smallest absolute Gasteiger partial charge is 0.225 e. The van der Waals surface area contributed by atoms with Crippen molar-refractivity contribution in [2.24, 2.45) is 5.92 Å². The maximum atomic E-state index is 5.58. The number of anilines is 1. The molecule has 2 heterocycles. The van der Waals surface area contributed by atoms with E-state index in [1.54, 1.807) is 12.4 Å². The third-order valence-corrected chi connectivity index (χ3v) is 2.82. The summed E-state index contributed by atoms with van der Waals surface area (Å²) in [6.45, 7) is 9.00. The van der Waals surface area contributed by atoms with Gasteiger partial charge in [-0.05, 0) is 18.9 Å². The van der Waals surface area contributed by atoms with E-state index in [-0.39, 0.29) is 0 Å². The molecule has 0 atom stereocenters. The van der Waals surface area contributed by atoms with E-state index >= 15 is 0 Å². The molecule has 0 aromatic carbocycles. The first-order valence-corrected chi connectivity index (χ1v) is 6.66. The molecule has 0 radical (unpaired) electrons. The van der Waals surface area contributed by atoms with E-state index in [1.807, 2.05) is 0 Å². The molecule has 1 N–H and O–H groups in total. The molecule has 0 unspecified atom stereocenters. The van der Waals surface area contributed by atoms with Gasteiger partial charge in [0.25, 0.3) is 0 Å². The van der Waals surface area contributed by atoms with Crippen LogP contribution in [0.2, 0.25) is 0 Å². The molecule has 5 heteroatoms. The van der Waals surface area contributed by atoms with Crippen molar-refractivity contribution in [2.75, 3.05) is 37.7 Å². The van der Waals surface area contributed by atoms with Crippen molar-refractivity contribution in [3.63, 3.8) is 0 Å². The first kappa shape index (κ1) is 13.1. The lowest BCUT2D eigenvalue weighted by molar-refractivity contribution is 0.269. The van der Waals surface area contributed by atoms with Crippen molar-refractivity contribution in [1.29, 1.82) is 0 Å². The Hall–Kier alpha value is -1.36. The lowest BCUT2D eigenvalue weighted by Gasteiger charge is -2.19. The Bertz CT molecular complexity index is 345. The Morgan fingerprint density at radius 1 is 1.28 bits per heavy atom. The Labute approximate surface area is 109 Å². The van der Waals surface area contributed by atoms with Crippen LogP contribution >= 0.6 is 0 Å². The van der Waals surface area contributed by atoms with Gasteiger partial charge in [0.15, 0.2) is 5.75 Å². The summed E-state index contributed by atoms with van der Waals surface area (Å²) in [7, 11) is 0. The van der Waals surface area contributed by atoms with Crippen LogP contribution in [0.1, 0.15) is 20.3 Å². The highest BCUT2D eigenvalue weighted by Crippen LogP contribution is 2.13. The van der Waals surface area contributed by atoms with E-state index in [0.717, 1.165) is 44.3 Å². The highest BCUT2D eigenvalue weighted by molar-refractivity contribution is 5.31. The van der Waals surface area contributed by atoms with Crippen molar-refractivity contribution < 1.29 is 4.74 Å². The minimum absolute atomic E-state index is 0.515. The van der Waals surface area contributed by atoms with Crippen LogP contribution in [0, 0.1) is 5.92 Å². The molecule has 1 aromatic heterocycles. The molecule has 1 aromatic rings. The van der Waals surface area contributed by atoms with Gasteiger partial charge >= 0.3 is 0 Å². The molecule has 0 aliphatic carbocycles. The lowest BCUT2D eigenvalue weighted by atomic mass is 10.2. The summed E-state index contributed by atoms with van der Waals surface area (Å²) < 4.78 is 5.58. The summed E-state index contributed by atoms with van der Waals surface area (Å²) in [5.41, 5.74) is 0. The molecular weight excluding hydrogens is 228 g/mol. The van der Waals surface area contributed by atoms with Crippen LogP contribution in [0.25, 0.3) is 0 Å². The lowest BCUT2D eigenvalue weighted by Crippen LogP contribution is -2.29. The van der Waals surface area contributed by atoms with Gasteiger partial charge in [-0.25, -0.2) is 9.97 Å². The van der Waals surface area contributed by atoms with Crippen LogP contribution < -0.4 is 15.0 Å². The first-order chi connectivity index (χ1) is 8.75. The molecule has 1 saturated heterocycles. The SMILES string of the molecule is CC(C)COc1cnc(N2CCCNCC2)nc1. The van der Waals surface area contributed by atoms with Gasteiger partial charge in [-0.3, -0.25) is 0 Å². The molecule has 1 aliphatic rings. The van der Waals surface area contributed by atoms with Crippen molar-refractivity contribution in [1.82, 2.24) is 15.3 Å². The Kier molecular flexibility index (Phi) is 4.75. The van der Waals surface area contributed by atoms with Crippen LogP contribution in [-0.2, 0) is 0 Å². The van der Waals surface area contributed by atoms with Gasteiger partial charge in [0, 0.05) is 19.6 Å². The van der Waals surface area contributed by atoms with Crippen LogP contribution in [0.5, 0.6) is 5.75 Å². The third-order valence-electron chi connectivity index (χ3n) is 2.82. The van der Waals surface area contributed by atoms with Gasteiger partial charge < -0.3 is 15.0 Å². The molecular formula is C13H22N4O. The minimum atomic E-state index is 0.515. The number of ether oxygens (including phenoxy) is 1. The van der Waals surface area contributed by atoms with Crippen LogP contribution in [-0.4, -0.2) is 42.8 Å². The van der Waals surface area contributed by atoms with E-state index in [2.05, 4.69) is 34.0 Å². The second-order valence-electron chi connectivity index (χ2n) is 5.01. The standard InChI is InChI=1S/C13H22N4O/c1-11(2)10-18-12-8-15-13(16-9-12)17-6-3-4-14-5-7-17/h8-9,11,14H,3-7,10H2,1-2H3. The van der Waals surface area contributed by atoms with E-state index in [9.17, 15) is 0 Å².